The van der Waals surface area contributed by atoms with Crippen LogP contribution in [0, 0.1) is 6.92 Å². The van der Waals surface area contributed by atoms with E-state index < -0.39 is 10.0 Å². The van der Waals surface area contributed by atoms with Crippen LogP contribution in [0.1, 0.15) is 12.5 Å². The van der Waals surface area contributed by atoms with Gasteiger partial charge in [-0.05, 0) is 25.5 Å². The van der Waals surface area contributed by atoms with Crippen molar-refractivity contribution in [1.29, 1.82) is 0 Å². The van der Waals surface area contributed by atoms with Crippen molar-refractivity contribution in [3.63, 3.8) is 0 Å². The summed E-state index contributed by atoms with van der Waals surface area (Å²) in [7, 11) is -1.84. The molecule has 0 radical (unpaired) electrons. The number of sulfonamides is 1. The molecule has 6 heteroatoms. The molecule has 0 aliphatic carbocycles. The molecule has 0 spiro atoms. The third-order valence-electron chi connectivity index (χ3n) is 2.49. The Morgan fingerprint density at radius 2 is 2.06 bits per heavy atom. The smallest absolute Gasteiger partial charge is 0.244 e. The number of hydrogen-bond donors (Lipinski definition) is 2. The number of hydrogen-bond acceptors (Lipinski definition) is 4. The summed E-state index contributed by atoms with van der Waals surface area (Å²) in [5, 5.41) is 3.05. The minimum atomic E-state index is -3.41. The van der Waals surface area contributed by atoms with E-state index in [4.69, 9.17) is 4.74 Å². The molecule has 1 heterocycles. The fraction of sp³-hybridized carbons (Fsp3) is 0.400. The Bertz CT molecular complexity index is 525. The lowest BCUT2D eigenvalue weighted by Gasteiger charge is -2.26. The van der Waals surface area contributed by atoms with Crippen molar-refractivity contribution in [1.82, 2.24) is 4.72 Å². The standard InChI is InChI=1S/C10H14N2O3S/c1-6-4-10-8(5-9(6)15-3)11-7(2)12-16(10,13)14/h4-5,7,11-12H,1-3H3. The quantitative estimate of drug-likeness (QED) is 0.772. The summed E-state index contributed by atoms with van der Waals surface area (Å²) in [5.41, 5.74) is 1.37. The zero-order valence-corrected chi connectivity index (χ0v) is 10.2. The maximum atomic E-state index is 11.8. The Hall–Kier alpha value is -1.27. The van der Waals surface area contributed by atoms with Crippen LogP contribution in [0.3, 0.4) is 0 Å². The fourth-order valence-electron chi connectivity index (χ4n) is 1.78. The van der Waals surface area contributed by atoms with E-state index >= 15 is 0 Å². The van der Waals surface area contributed by atoms with E-state index in [-0.39, 0.29) is 11.1 Å². The van der Waals surface area contributed by atoms with Gasteiger partial charge in [0.15, 0.2) is 0 Å². The van der Waals surface area contributed by atoms with Gasteiger partial charge in [0.1, 0.15) is 10.6 Å². The van der Waals surface area contributed by atoms with E-state index in [1.807, 2.05) is 6.92 Å². The van der Waals surface area contributed by atoms with Gasteiger partial charge in [-0.15, -0.1) is 0 Å². The average molecular weight is 242 g/mol. The van der Waals surface area contributed by atoms with E-state index in [9.17, 15) is 8.42 Å². The first-order chi connectivity index (χ1) is 7.44. The van der Waals surface area contributed by atoms with Gasteiger partial charge in [-0.2, -0.15) is 4.72 Å². The van der Waals surface area contributed by atoms with Crippen LogP contribution < -0.4 is 14.8 Å². The first-order valence-electron chi connectivity index (χ1n) is 4.91. The van der Waals surface area contributed by atoms with Crippen molar-refractivity contribution < 1.29 is 13.2 Å². The summed E-state index contributed by atoms with van der Waals surface area (Å²) < 4.78 is 31.3. The number of methoxy groups -OCH3 is 1. The zero-order valence-electron chi connectivity index (χ0n) is 9.37. The molecule has 1 aromatic carbocycles. The summed E-state index contributed by atoms with van der Waals surface area (Å²) in [4.78, 5) is 0.268. The lowest BCUT2D eigenvalue weighted by atomic mass is 10.2. The van der Waals surface area contributed by atoms with Gasteiger partial charge < -0.3 is 10.1 Å². The molecule has 1 aromatic rings. The van der Waals surface area contributed by atoms with Gasteiger partial charge in [0, 0.05) is 6.07 Å². The molecule has 5 nitrogen and oxygen atoms in total. The third-order valence-corrected chi connectivity index (χ3v) is 4.07. The number of rotatable bonds is 1. The molecule has 88 valence electrons. The number of ether oxygens (including phenoxy) is 1. The van der Waals surface area contributed by atoms with Crippen LogP contribution in [0.5, 0.6) is 5.75 Å². The van der Waals surface area contributed by atoms with Crippen LogP contribution in [-0.4, -0.2) is 21.7 Å². The summed E-state index contributed by atoms with van der Waals surface area (Å²) in [6.07, 6.45) is -0.315. The molecule has 0 saturated carbocycles. The van der Waals surface area contributed by atoms with Gasteiger partial charge in [-0.25, -0.2) is 8.42 Å². The number of nitrogens with one attached hydrogen (secondary N) is 2. The highest BCUT2D eigenvalue weighted by atomic mass is 32.2. The molecule has 0 aromatic heterocycles. The first-order valence-corrected chi connectivity index (χ1v) is 6.40. The molecular weight excluding hydrogens is 228 g/mol. The maximum Gasteiger partial charge on any atom is 0.244 e. The van der Waals surface area contributed by atoms with Crippen LogP contribution >= 0.6 is 0 Å². The van der Waals surface area contributed by atoms with Gasteiger partial charge in [-0.1, -0.05) is 0 Å². The van der Waals surface area contributed by atoms with Crippen molar-refractivity contribution in [2.45, 2.75) is 24.9 Å². The highest BCUT2D eigenvalue weighted by molar-refractivity contribution is 7.89. The van der Waals surface area contributed by atoms with Gasteiger partial charge in [0.05, 0.1) is 19.0 Å². The summed E-state index contributed by atoms with van der Waals surface area (Å²) in [5.74, 6) is 0.676. The lowest BCUT2D eigenvalue weighted by molar-refractivity contribution is 0.411. The number of fused-ring (bicyclic) bond motifs is 1. The Kier molecular flexibility index (Phi) is 2.55. The minimum Gasteiger partial charge on any atom is -0.496 e. The van der Waals surface area contributed by atoms with Crippen molar-refractivity contribution in [3.05, 3.63) is 17.7 Å². The monoisotopic (exact) mass is 242 g/mol. The topological polar surface area (TPSA) is 67.4 Å². The second-order valence-corrected chi connectivity index (χ2v) is 5.49. The Balaban J connectivity index is 2.64. The number of benzene rings is 1. The van der Waals surface area contributed by atoms with Gasteiger partial charge >= 0.3 is 0 Å². The maximum absolute atomic E-state index is 11.8. The second kappa shape index (κ2) is 3.64. The molecule has 0 saturated heterocycles. The van der Waals surface area contributed by atoms with Crippen molar-refractivity contribution in [2.24, 2.45) is 0 Å². The number of aryl methyl sites for hydroxylation is 1. The Morgan fingerprint density at radius 1 is 1.38 bits per heavy atom. The average Bonchev–Trinajstić information content (AvgIpc) is 2.17. The summed E-state index contributed by atoms with van der Waals surface area (Å²) >= 11 is 0. The molecule has 0 bridgehead atoms. The largest absolute Gasteiger partial charge is 0.496 e. The normalized spacial score (nSPS) is 22.1. The van der Waals surface area contributed by atoms with Crippen LogP contribution in [0.25, 0.3) is 0 Å². The minimum absolute atomic E-state index is 0.268. The van der Waals surface area contributed by atoms with E-state index in [2.05, 4.69) is 10.0 Å². The van der Waals surface area contributed by atoms with Gasteiger partial charge in [0.25, 0.3) is 0 Å². The van der Waals surface area contributed by atoms with Crippen molar-refractivity contribution in [3.8, 4) is 5.75 Å². The molecule has 1 unspecified atom stereocenters. The molecule has 1 atom stereocenters. The predicted molar refractivity (Wildman–Crippen MR) is 61.1 cm³/mol. The van der Waals surface area contributed by atoms with Crippen LogP contribution in [0.15, 0.2) is 17.0 Å². The predicted octanol–water partition coefficient (Wildman–Crippen LogP) is 1.05. The van der Waals surface area contributed by atoms with Gasteiger partial charge in [0.2, 0.25) is 10.0 Å². The Morgan fingerprint density at radius 3 is 2.69 bits per heavy atom. The lowest BCUT2D eigenvalue weighted by Crippen LogP contribution is -2.42. The number of anilines is 1. The highest BCUT2D eigenvalue weighted by Gasteiger charge is 2.27. The fourth-order valence-corrected chi connectivity index (χ4v) is 3.17. The van der Waals surface area contributed by atoms with Crippen molar-refractivity contribution >= 4 is 15.7 Å². The molecule has 0 amide bonds. The second-order valence-electron chi connectivity index (χ2n) is 3.81. The van der Waals surface area contributed by atoms with Crippen LogP contribution in [-0.2, 0) is 10.0 Å². The van der Waals surface area contributed by atoms with E-state index in [1.165, 1.54) is 0 Å². The van der Waals surface area contributed by atoms with Crippen LogP contribution in [0.4, 0.5) is 5.69 Å². The van der Waals surface area contributed by atoms with E-state index in [0.717, 1.165) is 5.56 Å². The van der Waals surface area contributed by atoms with Gasteiger partial charge in [-0.3, -0.25) is 0 Å². The summed E-state index contributed by atoms with van der Waals surface area (Å²) in [6, 6.07) is 3.31. The highest BCUT2D eigenvalue weighted by Crippen LogP contribution is 2.32. The SMILES string of the molecule is COc1cc2c(cc1C)S(=O)(=O)NC(C)N2. The molecule has 1 aliphatic heterocycles. The molecular formula is C10H14N2O3S. The zero-order chi connectivity index (χ0) is 11.9. The molecule has 2 rings (SSSR count). The molecule has 0 fully saturated rings. The van der Waals surface area contributed by atoms with Crippen molar-refractivity contribution in [2.75, 3.05) is 12.4 Å². The van der Waals surface area contributed by atoms with E-state index in [1.54, 1.807) is 26.2 Å². The molecule has 2 N–H and O–H groups in total. The van der Waals surface area contributed by atoms with Crippen LogP contribution in [0.2, 0.25) is 0 Å². The Labute approximate surface area is 94.9 Å². The third kappa shape index (κ3) is 1.74. The summed E-state index contributed by atoms with van der Waals surface area (Å²) in [6.45, 7) is 3.56. The molecule has 1 aliphatic rings. The molecule has 16 heavy (non-hydrogen) atoms. The first kappa shape index (κ1) is 11.2. The van der Waals surface area contributed by atoms with E-state index in [0.29, 0.717) is 11.4 Å².